The Hall–Kier alpha value is -2.43. The Kier molecular flexibility index (Phi) is 3.23. The Bertz CT molecular complexity index is 528. The molecule has 2 rings (SSSR count). The van der Waals surface area contributed by atoms with Crippen molar-refractivity contribution in [2.24, 2.45) is 0 Å². The number of nitrogens with zero attached hydrogens (tertiary/aromatic N) is 1. The van der Waals surface area contributed by atoms with E-state index in [0.29, 0.717) is 6.54 Å². The van der Waals surface area contributed by atoms with Gasteiger partial charge in [-0.15, -0.1) is 0 Å². The van der Waals surface area contributed by atoms with E-state index in [1.807, 2.05) is 0 Å². The van der Waals surface area contributed by atoms with Gasteiger partial charge in [-0.2, -0.15) is 0 Å². The third-order valence-corrected chi connectivity index (χ3v) is 2.50. The highest BCUT2D eigenvalue weighted by Crippen LogP contribution is 2.21. The number of phenolic OH excluding ortho intramolecular Hbond substituents is 2. The molecule has 0 saturated heterocycles. The summed E-state index contributed by atoms with van der Waals surface area (Å²) in [7, 11) is 1.64. The maximum atomic E-state index is 12.0. The van der Waals surface area contributed by atoms with E-state index in [1.54, 1.807) is 19.4 Å². The number of phenols is 2. The number of benzene rings is 1. The predicted molar refractivity (Wildman–Crippen MR) is 64.3 cm³/mol. The molecule has 18 heavy (non-hydrogen) atoms. The Morgan fingerprint density at radius 2 is 1.94 bits per heavy atom. The molecular weight excluding hydrogens is 234 g/mol. The van der Waals surface area contributed by atoms with Crippen LogP contribution in [0.3, 0.4) is 0 Å². The van der Waals surface area contributed by atoms with Crippen molar-refractivity contribution in [2.45, 2.75) is 6.54 Å². The van der Waals surface area contributed by atoms with Crippen LogP contribution in [0.1, 0.15) is 15.9 Å². The molecule has 1 amide bonds. The van der Waals surface area contributed by atoms with Gasteiger partial charge in [0.25, 0.3) is 5.91 Å². The van der Waals surface area contributed by atoms with Crippen molar-refractivity contribution in [3.8, 4) is 11.5 Å². The van der Waals surface area contributed by atoms with E-state index < -0.39 is 0 Å². The standard InChI is InChI=1S/C13H13NO4/c1-14(7-9-2-3-18-8-9)13(17)10-4-11(15)6-12(16)5-10/h2-6,8,15-16H,7H2,1H3. The molecule has 1 aromatic carbocycles. The van der Waals surface area contributed by atoms with Gasteiger partial charge in [-0.25, -0.2) is 0 Å². The summed E-state index contributed by atoms with van der Waals surface area (Å²) in [6.45, 7) is 0.395. The minimum absolute atomic E-state index is 0.143. The van der Waals surface area contributed by atoms with Gasteiger partial charge in [0.15, 0.2) is 0 Å². The summed E-state index contributed by atoms with van der Waals surface area (Å²) in [5.41, 5.74) is 1.11. The van der Waals surface area contributed by atoms with Gasteiger partial charge in [0.2, 0.25) is 0 Å². The molecule has 5 nitrogen and oxygen atoms in total. The van der Waals surface area contributed by atoms with Gasteiger partial charge in [0.05, 0.1) is 12.5 Å². The van der Waals surface area contributed by atoms with Gasteiger partial charge in [-0.1, -0.05) is 0 Å². The Balaban J connectivity index is 2.15. The number of furan rings is 1. The number of hydrogen-bond acceptors (Lipinski definition) is 4. The van der Waals surface area contributed by atoms with Gasteiger partial charge in [0, 0.05) is 30.8 Å². The molecule has 2 aromatic rings. The summed E-state index contributed by atoms with van der Waals surface area (Å²) >= 11 is 0. The van der Waals surface area contributed by atoms with Crippen LogP contribution in [0.25, 0.3) is 0 Å². The molecule has 0 bridgehead atoms. The lowest BCUT2D eigenvalue weighted by atomic mass is 10.1. The summed E-state index contributed by atoms with van der Waals surface area (Å²) in [4.78, 5) is 13.5. The molecule has 2 N–H and O–H groups in total. The van der Waals surface area contributed by atoms with Gasteiger partial charge < -0.3 is 19.5 Å². The zero-order valence-electron chi connectivity index (χ0n) is 9.83. The first-order chi connectivity index (χ1) is 8.56. The van der Waals surface area contributed by atoms with Crippen molar-refractivity contribution in [2.75, 3.05) is 7.05 Å². The van der Waals surface area contributed by atoms with Crippen LogP contribution in [-0.4, -0.2) is 28.1 Å². The highest BCUT2D eigenvalue weighted by molar-refractivity contribution is 5.94. The minimum Gasteiger partial charge on any atom is -0.508 e. The molecule has 1 heterocycles. The third kappa shape index (κ3) is 2.63. The molecule has 0 unspecified atom stereocenters. The van der Waals surface area contributed by atoms with Crippen molar-refractivity contribution in [1.82, 2.24) is 4.90 Å². The molecule has 0 radical (unpaired) electrons. The SMILES string of the molecule is CN(Cc1ccoc1)C(=O)c1cc(O)cc(O)c1. The summed E-state index contributed by atoms with van der Waals surface area (Å²) in [5, 5.41) is 18.7. The van der Waals surface area contributed by atoms with Gasteiger partial charge in [-0.3, -0.25) is 4.79 Å². The van der Waals surface area contributed by atoms with Crippen molar-refractivity contribution in [1.29, 1.82) is 0 Å². The van der Waals surface area contributed by atoms with Crippen LogP contribution in [0.15, 0.2) is 41.2 Å². The van der Waals surface area contributed by atoms with E-state index in [4.69, 9.17) is 4.42 Å². The monoisotopic (exact) mass is 247 g/mol. The zero-order chi connectivity index (χ0) is 13.1. The van der Waals surface area contributed by atoms with E-state index in [1.165, 1.54) is 29.4 Å². The largest absolute Gasteiger partial charge is 0.508 e. The molecule has 1 aromatic heterocycles. The van der Waals surface area contributed by atoms with Gasteiger partial charge >= 0.3 is 0 Å². The molecule has 0 spiro atoms. The van der Waals surface area contributed by atoms with Crippen LogP contribution in [0, 0.1) is 0 Å². The zero-order valence-corrected chi connectivity index (χ0v) is 9.83. The normalized spacial score (nSPS) is 10.3. The predicted octanol–water partition coefficient (Wildman–Crippen LogP) is 1.96. The first-order valence-electron chi connectivity index (χ1n) is 5.36. The number of amides is 1. The van der Waals surface area contributed by atoms with Crippen LogP contribution in [0.4, 0.5) is 0 Å². The fourth-order valence-electron chi connectivity index (χ4n) is 1.67. The molecule has 0 saturated carbocycles. The molecule has 0 aliphatic heterocycles. The minimum atomic E-state index is -0.289. The Morgan fingerprint density at radius 3 is 2.50 bits per heavy atom. The second-order valence-corrected chi connectivity index (χ2v) is 4.03. The van der Waals surface area contributed by atoms with Gasteiger partial charge in [-0.05, 0) is 18.2 Å². The molecule has 5 heteroatoms. The molecule has 0 aliphatic rings. The number of aromatic hydroxyl groups is 2. The smallest absolute Gasteiger partial charge is 0.254 e. The van der Waals surface area contributed by atoms with E-state index in [-0.39, 0.29) is 23.0 Å². The maximum absolute atomic E-state index is 12.0. The van der Waals surface area contributed by atoms with Gasteiger partial charge in [0.1, 0.15) is 11.5 Å². The van der Waals surface area contributed by atoms with Crippen LogP contribution < -0.4 is 0 Å². The second kappa shape index (κ2) is 4.83. The average Bonchev–Trinajstić information content (AvgIpc) is 2.79. The quantitative estimate of drug-likeness (QED) is 0.869. The van der Waals surface area contributed by atoms with Crippen LogP contribution in [0.5, 0.6) is 11.5 Å². The number of carbonyl (C=O) groups is 1. The topological polar surface area (TPSA) is 73.9 Å². The molecular formula is C13H13NO4. The highest BCUT2D eigenvalue weighted by atomic mass is 16.3. The summed E-state index contributed by atoms with van der Waals surface area (Å²) in [5.74, 6) is -0.576. The third-order valence-electron chi connectivity index (χ3n) is 2.50. The lowest BCUT2D eigenvalue weighted by molar-refractivity contribution is 0.0784. The molecule has 0 atom stereocenters. The van der Waals surface area contributed by atoms with Crippen molar-refractivity contribution in [3.05, 3.63) is 47.9 Å². The van der Waals surface area contributed by atoms with Crippen LogP contribution in [-0.2, 0) is 6.54 Å². The summed E-state index contributed by atoms with van der Waals surface area (Å²) in [6, 6.07) is 5.57. The summed E-state index contributed by atoms with van der Waals surface area (Å²) in [6.07, 6.45) is 3.09. The molecule has 0 aliphatic carbocycles. The number of hydrogen-bond donors (Lipinski definition) is 2. The van der Waals surface area contributed by atoms with E-state index >= 15 is 0 Å². The van der Waals surface area contributed by atoms with E-state index in [2.05, 4.69) is 0 Å². The molecule has 94 valence electrons. The lowest BCUT2D eigenvalue weighted by Crippen LogP contribution is -2.25. The van der Waals surface area contributed by atoms with Crippen LogP contribution >= 0.6 is 0 Å². The summed E-state index contributed by atoms with van der Waals surface area (Å²) < 4.78 is 4.92. The van der Waals surface area contributed by atoms with Crippen molar-refractivity contribution in [3.63, 3.8) is 0 Å². The molecule has 0 fully saturated rings. The average molecular weight is 247 g/mol. The lowest BCUT2D eigenvalue weighted by Gasteiger charge is -2.16. The Labute approximate surface area is 104 Å². The van der Waals surface area contributed by atoms with E-state index in [9.17, 15) is 15.0 Å². The maximum Gasteiger partial charge on any atom is 0.254 e. The number of carbonyl (C=O) groups excluding carboxylic acids is 1. The Morgan fingerprint density at radius 1 is 1.28 bits per heavy atom. The fourth-order valence-corrected chi connectivity index (χ4v) is 1.67. The van der Waals surface area contributed by atoms with Crippen molar-refractivity contribution >= 4 is 5.91 Å². The highest BCUT2D eigenvalue weighted by Gasteiger charge is 2.14. The van der Waals surface area contributed by atoms with Crippen LogP contribution in [0.2, 0.25) is 0 Å². The second-order valence-electron chi connectivity index (χ2n) is 4.03. The first kappa shape index (κ1) is 12.0. The van der Waals surface area contributed by atoms with Crippen molar-refractivity contribution < 1.29 is 19.4 Å². The van der Waals surface area contributed by atoms with E-state index in [0.717, 1.165) is 5.56 Å². The number of rotatable bonds is 3. The fraction of sp³-hybridized carbons (Fsp3) is 0.154. The first-order valence-corrected chi connectivity index (χ1v) is 5.36.